The van der Waals surface area contributed by atoms with Gasteiger partial charge in [-0.3, -0.25) is 14.6 Å². The number of ether oxygens (including phenoxy) is 1. The number of nitrogens with two attached hydrogens (primary N) is 1. The Morgan fingerprint density at radius 2 is 2.08 bits per heavy atom. The summed E-state index contributed by atoms with van der Waals surface area (Å²) in [4.78, 5) is 30.2. The lowest BCUT2D eigenvalue weighted by Crippen LogP contribution is -2.40. The number of hydrogen-bond acceptors (Lipinski definition) is 4. The highest BCUT2D eigenvalue weighted by Crippen LogP contribution is 2.31. The number of nitrogens with zero attached hydrogens (tertiary/aromatic N) is 2. The molecule has 0 saturated carbocycles. The molecule has 0 aliphatic carbocycles. The largest absolute Gasteiger partial charge is 0.377 e. The van der Waals surface area contributed by atoms with E-state index >= 15 is 0 Å². The lowest BCUT2D eigenvalue weighted by atomic mass is 9.86. The van der Waals surface area contributed by atoms with Crippen LogP contribution in [0.1, 0.15) is 41.7 Å². The van der Waals surface area contributed by atoms with E-state index in [-0.39, 0.29) is 23.8 Å². The van der Waals surface area contributed by atoms with Gasteiger partial charge in [-0.2, -0.15) is 0 Å². The fraction of sp³-hybridized carbons (Fsp3) is 0.611. The molecule has 1 aromatic rings. The van der Waals surface area contributed by atoms with Gasteiger partial charge in [0.25, 0.3) is 5.91 Å². The second-order valence-corrected chi connectivity index (χ2v) is 6.85. The molecule has 3 heterocycles. The Kier molecular flexibility index (Phi) is 5.14. The summed E-state index contributed by atoms with van der Waals surface area (Å²) >= 11 is 0. The zero-order chi connectivity index (χ0) is 17.1. The van der Waals surface area contributed by atoms with Crippen molar-refractivity contribution in [2.24, 2.45) is 17.6 Å². The molecule has 3 rings (SSSR count). The van der Waals surface area contributed by atoms with E-state index in [9.17, 15) is 9.59 Å². The number of rotatable bonds is 4. The van der Waals surface area contributed by atoms with Crippen molar-refractivity contribution >= 4 is 11.8 Å². The third-order valence-corrected chi connectivity index (χ3v) is 5.25. The highest BCUT2D eigenvalue weighted by molar-refractivity contribution is 5.93. The van der Waals surface area contributed by atoms with E-state index in [0.29, 0.717) is 18.2 Å². The Hall–Kier alpha value is -1.95. The minimum atomic E-state index is -0.254. The van der Waals surface area contributed by atoms with Gasteiger partial charge in [0.1, 0.15) is 5.69 Å². The van der Waals surface area contributed by atoms with Crippen LogP contribution < -0.4 is 5.73 Å². The molecular weight excluding hydrogens is 306 g/mol. The normalized spacial score (nSPS) is 25.0. The predicted molar refractivity (Wildman–Crippen MR) is 89.3 cm³/mol. The second-order valence-electron chi connectivity index (χ2n) is 6.85. The molecule has 24 heavy (non-hydrogen) atoms. The number of primary amides is 1. The molecular formula is C18H25N3O3. The number of pyridine rings is 1. The number of piperidine rings is 1. The average molecular weight is 331 g/mol. The molecule has 2 amide bonds. The van der Waals surface area contributed by atoms with Gasteiger partial charge in [-0.1, -0.05) is 6.07 Å². The van der Waals surface area contributed by atoms with Gasteiger partial charge >= 0.3 is 0 Å². The van der Waals surface area contributed by atoms with Crippen molar-refractivity contribution < 1.29 is 14.3 Å². The van der Waals surface area contributed by atoms with Gasteiger partial charge in [0, 0.05) is 25.9 Å². The van der Waals surface area contributed by atoms with Crippen LogP contribution in [0.5, 0.6) is 0 Å². The molecule has 2 saturated heterocycles. The zero-order valence-corrected chi connectivity index (χ0v) is 14.1. The maximum atomic E-state index is 12.6. The number of carbonyl (C=O) groups excluding carboxylic acids is 2. The smallest absolute Gasteiger partial charge is 0.272 e. The molecule has 0 radical (unpaired) electrons. The molecule has 1 aromatic heterocycles. The Morgan fingerprint density at radius 3 is 2.75 bits per heavy atom. The molecule has 2 aliphatic rings. The zero-order valence-electron chi connectivity index (χ0n) is 14.1. The van der Waals surface area contributed by atoms with Crippen molar-refractivity contribution in [3.8, 4) is 0 Å². The molecule has 2 aliphatic heterocycles. The van der Waals surface area contributed by atoms with Crippen molar-refractivity contribution in [1.29, 1.82) is 0 Å². The van der Waals surface area contributed by atoms with Crippen molar-refractivity contribution in [2.75, 3.05) is 19.7 Å². The maximum absolute atomic E-state index is 12.6. The molecule has 6 heteroatoms. The Morgan fingerprint density at radius 1 is 1.33 bits per heavy atom. The summed E-state index contributed by atoms with van der Waals surface area (Å²) in [5, 5.41) is 0. The first kappa shape index (κ1) is 16.9. The number of likely N-dealkylation sites (tertiary alicyclic amines) is 1. The number of hydrogen-bond donors (Lipinski definition) is 1. The molecule has 2 fully saturated rings. The van der Waals surface area contributed by atoms with Gasteiger partial charge in [0.05, 0.1) is 12.0 Å². The summed E-state index contributed by atoms with van der Waals surface area (Å²) in [6.45, 7) is 3.99. The van der Waals surface area contributed by atoms with Crippen LogP contribution in [0.2, 0.25) is 0 Å². The van der Waals surface area contributed by atoms with Crippen LogP contribution in [0.3, 0.4) is 0 Å². The van der Waals surface area contributed by atoms with E-state index in [1.807, 2.05) is 24.0 Å². The minimum Gasteiger partial charge on any atom is -0.377 e. The van der Waals surface area contributed by atoms with Gasteiger partial charge in [0.2, 0.25) is 5.91 Å². The van der Waals surface area contributed by atoms with E-state index < -0.39 is 0 Å². The Balaban J connectivity index is 1.53. The van der Waals surface area contributed by atoms with E-state index in [4.69, 9.17) is 10.5 Å². The van der Waals surface area contributed by atoms with Crippen molar-refractivity contribution in [2.45, 2.75) is 38.7 Å². The summed E-state index contributed by atoms with van der Waals surface area (Å²) in [7, 11) is 0. The van der Waals surface area contributed by atoms with Crippen LogP contribution in [-0.2, 0) is 9.53 Å². The van der Waals surface area contributed by atoms with Crippen LogP contribution >= 0.6 is 0 Å². The van der Waals surface area contributed by atoms with Gasteiger partial charge < -0.3 is 15.4 Å². The summed E-state index contributed by atoms with van der Waals surface area (Å²) < 4.78 is 5.70. The Labute approximate surface area is 142 Å². The minimum absolute atomic E-state index is 0.0127. The van der Waals surface area contributed by atoms with Crippen LogP contribution in [0.15, 0.2) is 18.3 Å². The molecule has 2 atom stereocenters. The number of aromatic nitrogens is 1. The number of amides is 2. The monoisotopic (exact) mass is 331 g/mol. The standard InChI is InChI=1S/C18H25N3O3/c1-12-3-2-7-20-16(12)18(23)21-8-4-13(5-9-21)11-15-14(17(19)22)6-10-24-15/h2-3,7,13-15H,4-6,8-11H2,1H3,(H2,19,22)/t14-,15-/m1/s1. The van der Waals surface area contributed by atoms with Gasteiger partial charge in [-0.05, 0) is 50.2 Å². The highest BCUT2D eigenvalue weighted by atomic mass is 16.5. The van der Waals surface area contributed by atoms with E-state index in [2.05, 4.69) is 4.98 Å². The van der Waals surface area contributed by atoms with Crippen molar-refractivity contribution in [1.82, 2.24) is 9.88 Å². The summed E-state index contributed by atoms with van der Waals surface area (Å²) in [6.07, 6.45) is 5.07. The molecule has 0 aromatic carbocycles. The van der Waals surface area contributed by atoms with E-state index in [1.54, 1.807) is 6.20 Å². The third kappa shape index (κ3) is 3.59. The summed E-state index contributed by atoms with van der Waals surface area (Å²) in [5.41, 5.74) is 6.91. The van der Waals surface area contributed by atoms with Crippen molar-refractivity contribution in [3.63, 3.8) is 0 Å². The van der Waals surface area contributed by atoms with Crippen LogP contribution in [-0.4, -0.2) is 47.5 Å². The molecule has 6 nitrogen and oxygen atoms in total. The lowest BCUT2D eigenvalue weighted by molar-refractivity contribution is -0.123. The second kappa shape index (κ2) is 7.30. The fourth-order valence-electron chi connectivity index (χ4n) is 3.77. The van der Waals surface area contributed by atoms with Crippen molar-refractivity contribution in [3.05, 3.63) is 29.6 Å². The maximum Gasteiger partial charge on any atom is 0.272 e. The molecule has 130 valence electrons. The topological polar surface area (TPSA) is 85.5 Å². The predicted octanol–water partition coefficient (Wildman–Crippen LogP) is 1.52. The van der Waals surface area contributed by atoms with Gasteiger partial charge in [-0.25, -0.2) is 0 Å². The number of carbonyl (C=O) groups is 2. The van der Waals surface area contributed by atoms with Gasteiger partial charge in [-0.15, -0.1) is 0 Å². The third-order valence-electron chi connectivity index (χ3n) is 5.25. The Bertz CT molecular complexity index is 611. The van der Waals surface area contributed by atoms with Crippen LogP contribution in [0, 0.1) is 18.8 Å². The molecule has 0 unspecified atom stereocenters. The molecule has 0 spiro atoms. The van der Waals surface area contributed by atoms with Crippen LogP contribution in [0.25, 0.3) is 0 Å². The highest BCUT2D eigenvalue weighted by Gasteiger charge is 2.35. The lowest BCUT2D eigenvalue weighted by Gasteiger charge is -2.33. The molecule has 2 N–H and O–H groups in total. The first-order valence-electron chi connectivity index (χ1n) is 8.68. The first-order chi connectivity index (χ1) is 11.6. The van der Waals surface area contributed by atoms with E-state index in [0.717, 1.165) is 44.3 Å². The van der Waals surface area contributed by atoms with Crippen LogP contribution in [0.4, 0.5) is 0 Å². The average Bonchev–Trinajstić information content (AvgIpc) is 3.04. The van der Waals surface area contributed by atoms with E-state index in [1.165, 1.54) is 0 Å². The molecule has 0 bridgehead atoms. The quantitative estimate of drug-likeness (QED) is 0.906. The van der Waals surface area contributed by atoms with Gasteiger partial charge in [0.15, 0.2) is 0 Å². The summed E-state index contributed by atoms with van der Waals surface area (Å²) in [5.74, 6) is 0.0825. The fourth-order valence-corrected chi connectivity index (χ4v) is 3.77. The first-order valence-corrected chi connectivity index (χ1v) is 8.68. The summed E-state index contributed by atoms with van der Waals surface area (Å²) in [6, 6.07) is 3.75. The number of aryl methyl sites for hydroxylation is 1. The SMILES string of the molecule is Cc1cccnc1C(=O)N1CCC(C[C@H]2OCC[C@H]2C(N)=O)CC1.